The number of aromatic nitrogens is 1. The Bertz CT molecular complexity index is 1240. The average molecular weight is 417 g/mol. The van der Waals surface area contributed by atoms with Gasteiger partial charge in [-0.1, -0.05) is 60.7 Å². The summed E-state index contributed by atoms with van der Waals surface area (Å²) in [6.45, 7) is 0. The van der Waals surface area contributed by atoms with E-state index in [1.165, 1.54) is 12.1 Å². The van der Waals surface area contributed by atoms with Crippen molar-refractivity contribution in [1.82, 2.24) is 15.4 Å². The lowest BCUT2D eigenvalue weighted by Gasteiger charge is -2.16. The molecule has 0 saturated carbocycles. The molecule has 2 heterocycles. The second-order valence-electron chi connectivity index (χ2n) is 6.65. The number of amides is 1. The fraction of sp³-hybridized carbons (Fsp3) is 0.0455. The number of benzene rings is 2. The Morgan fingerprint density at radius 2 is 1.67 bits per heavy atom. The zero-order valence-corrected chi connectivity index (χ0v) is 16.9. The van der Waals surface area contributed by atoms with Crippen molar-refractivity contribution in [2.45, 2.75) is 0 Å². The number of hydrogen-bond donors (Lipinski definition) is 3. The molecule has 2 aromatic carbocycles. The summed E-state index contributed by atoms with van der Waals surface area (Å²) in [6.07, 6.45) is 0. The number of pyridine rings is 1. The summed E-state index contributed by atoms with van der Waals surface area (Å²) < 4.78 is 5.81. The summed E-state index contributed by atoms with van der Waals surface area (Å²) in [5.41, 5.74) is 18.3. The molecule has 4 aromatic rings. The van der Waals surface area contributed by atoms with Gasteiger partial charge in [0.1, 0.15) is 0 Å². The van der Waals surface area contributed by atoms with Gasteiger partial charge in [0.25, 0.3) is 0 Å². The fourth-order valence-electron chi connectivity index (χ4n) is 3.15. The minimum absolute atomic E-state index is 0.00694. The van der Waals surface area contributed by atoms with Gasteiger partial charge in [0.15, 0.2) is 5.11 Å². The SMILES string of the molecule is CN(NC(=O)c1oc2nc(-c3ccccc3)cc(-c3ccccc3)c2c1N)C(N)=S. The Kier molecular flexibility index (Phi) is 5.07. The molecule has 150 valence electrons. The number of hydrazine groups is 1. The molecule has 4 rings (SSSR count). The van der Waals surface area contributed by atoms with Crippen LogP contribution in [0.4, 0.5) is 5.69 Å². The molecule has 0 spiro atoms. The number of carbonyl (C=O) groups excluding carboxylic acids is 1. The molecular formula is C22H19N5O2S. The number of anilines is 1. The van der Waals surface area contributed by atoms with Gasteiger partial charge in [0.2, 0.25) is 11.5 Å². The molecule has 0 bridgehead atoms. The van der Waals surface area contributed by atoms with E-state index in [2.05, 4.69) is 10.4 Å². The molecule has 0 aliphatic rings. The third-order valence-corrected chi connectivity index (χ3v) is 4.93. The van der Waals surface area contributed by atoms with Crippen LogP contribution in [0.15, 0.2) is 71.1 Å². The first-order valence-corrected chi connectivity index (χ1v) is 9.54. The van der Waals surface area contributed by atoms with Gasteiger partial charge in [-0.2, -0.15) is 0 Å². The number of furan rings is 1. The lowest BCUT2D eigenvalue weighted by molar-refractivity contribution is 0.0862. The third-order valence-electron chi connectivity index (χ3n) is 4.66. The number of nitrogens with zero attached hydrogens (tertiary/aromatic N) is 2. The van der Waals surface area contributed by atoms with E-state index < -0.39 is 5.91 Å². The quantitative estimate of drug-likeness (QED) is 0.345. The van der Waals surface area contributed by atoms with Crippen LogP contribution in [0.5, 0.6) is 0 Å². The van der Waals surface area contributed by atoms with E-state index in [0.29, 0.717) is 11.1 Å². The molecule has 0 atom stereocenters. The second kappa shape index (κ2) is 7.84. The Hall–Kier alpha value is -3.91. The molecule has 2 aromatic heterocycles. The maximum absolute atomic E-state index is 12.7. The number of rotatable bonds is 3. The minimum atomic E-state index is -0.568. The predicted octanol–water partition coefficient (Wildman–Crippen LogP) is 3.56. The number of nitrogens with two attached hydrogens (primary N) is 2. The van der Waals surface area contributed by atoms with Crippen LogP contribution >= 0.6 is 12.2 Å². The highest BCUT2D eigenvalue weighted by molar-refractivity contribution is 7.80. The largest absolute Gasteiger partial charge is 0.430 e. The Morgan fingerprint density at radius 1 is 1.07 bits per heavy atom. The van der Waals surface area contributed by atoms with Gasteiger partial charge < -0.3 is 15.9 Å². The predicted molar refractivity (Wildman–Crippen MR) is 121 cm³/mol. The van der Waals surface area contributed by atoms with Crippen molar-refractivity contribution in [1.29, 1.82) is 0 Å². The smallest absolute Gasteiger partial charge is 0.307 e. The van der Waals surface area contributed by atoms with Crippen molar-refractivity contribution in [3.8, 4) is 22.4 Å². The molecule has 0 saturated heterocycles. The molecule has 5 N–H and O–H groups in total. The molecular weight excluding hydrogens is 398 g/mol. The fourth-order valence-corrected chi connectivity index (χ4v) is 3.20. The number of fused-ring (bicyclic) bond motifs is 1. The van der Waals surface area contributed by atoms with E-state index in [4.69, 9.17) is 28.1 Å². The van der Waals surface area contributed by atoms with Gasteiger partial charge in [-0.3, -0.25) is 15.2 Å². The van der Waals surface area contributed by atoms with Crippen LogP contribution in [0.2, 0.25) is 0 Å². The van der Waals surface area contributed by atoms with Crippen LogP contribution in [-0.2, 0) is 0 Å². The third kappa shape index (κ3) is 3.56. The lowest BCUT2D eigenvalue weighted by Crippen LogP contribution is -2.45. The summed E-state index contributed by atoms with van der Waals surface area (Å²) in [7, 11) is 1.53. The standard InChI is InChI=1S/C22H19N5O2S/c1-27(22(24)30)26-20(28)19-18(23)17-15(13-8-4-2-5-9-13)12-16(25-21(17)29-19)14-10-6-3-7-11-14/h2-12H,23H2,1H3,(H2,24,30)(H,26,28). The Balaban J connectivity index is 1.92. The zero-order valence-electron chi connectivity index (χ0n) is 16.1. The van der Waals surface area contributed by atoms with Crippen molar-refractivity contribution in [3.05, 3.63) is 72.5 Å². The summed E-state index contributed by atoms with van der Waals surface area (Å²) in [4.78, 5) is 17.3. The summed E-state index contributed by atoms with van der Waals surface area (Å²) >= 11 is 4.85. The highest BCUT2D eigenvalue weighted by Gasteiger charge is 2.24. The maximum atomic E-state index is 12.7. The van der Waals surface area contributed by atoms with Crippen molar-refractivity contribution >= 4 is 40.0 Å². The summed E-state index contributed by atoms with van der Waals surface area (Å²) in [5.74, 6) is -0.621. The molecule has 0 unspecified atom stereocenters. The molecule has 0 radical (unpaired) electrons. The van der Waals surface area contributed by atoms with E-state index in [0.717, 1.165) is 16.7 Å². The first kappa shape index (κ1) is 19.4. The van der Waals surface area contributed by atoms with E-state index in [1.807, 2.05) is 66.7 Å². The van der Waals surface area contributed by atoms with E-state index in [-0.39, 0.29) is 22.3 Å². The summed E-state index contributed by atoms with van der Waals surface area (Å²) in [6, 6.07) is 21.4. The average Bonchev–Trinajstić information content (AvgIpc) is 3.11. The molecule has 0 fully saturated rings. The van der Waals surface area contributed by atoms with Crippen LogP contribution in [0.3, 0.4) is 0 Å². The number of carbonyl (C=O) groups is 1. The van der Waals surface area contributed by atoms with Gasteiger partial charge in [-0.25, -0.2) is 4.98 Å². The number of nitrogens with one attached hydrogen (secondary N) is 1. The second-order valence-corrected chi connectivity index (χ2v) is 7.07. The van der Waals surface area contributed by atoms with Crippen molar-refractivity contribution in [3.63, 3.8) is 0 Å². The van der Waals surface area contributed by atoms with Gasteiger partial charge in [-0.05, 0) is 29.4 Å². The van der Waals surface area contributed by atoms with Crippen molar-refractivity contribution < 1.29 is 9.21 Å². The Morgan fingerprint density at radius 3 is 2.27 bits per heavy atom. The Labute approximate surface area is 178 Å². The minimum Gasteiger partial charge on any atom is -0.430 e. The monoisotopic (exact) mass is 417 g/mol. The van der Waals surface area contributed by atoms with Crippen molar-refractivity contribution in [2.24, 2.45) is 5.73 Å². The normalized spacial score (nSPS) is 10.7. The molecule has 0 aliphatic carbocycles. The van der Waals surface area contributed by atoms with Crippen molar-refractivity contribution in [2.75, 3.05) is 12.8 Å². The molecule has 0 aliphatic heterocycles. The van der Waals surface area contributed by atoms with E-state index >= 15 is 0 Å². The van der Waals surface area contributed by atoms with E-state index in [1.54, 1.807) is 0 Å². The number of thiocarbonyl (C=S) groups is 1. The van der Waals surface area contributed by atoms with Gasteiger partial charge in [0.05, 0.1) is 16.8 Å². The van der Waals surface area contributed by atoms with Crippen LogP contribution in [0.1, 0.15) is 10.6 Å². The zero-order chi connectivity index (χ0) is 21.3. The molecule has 7 nitrogen and oxygen atoms in total. The highest BCUT2D eigenvalue weighted by atomic mass is 32.1. The van der Waals surface area contributed by atoms with E-state index in [9.17, 15) is 4.79 Å². The van der Waals surface area contributed by atoms with Crippen LogP contribution in [0, 0.1) is 0 Å². The first-order chi connectivity index (χ1) is 14.5. The molecule has 30 heavy (non-hydrogen) atoms. The van der Waals surface area contributed by atoms with Crippen LogP contribution in [0.25, 0.3) is 33.5 Å². The van der Waals surface area contributed by atoms with Gasteiger partial charge in [-0.15, -0.1) is 0 Å². The topological polar surface area (TPSA) is 110 Å². The van der Waals surface area contributed by atoms with Gasteiger partial charge >= 0.3 is 5.91 Å². The lowest BCUT2D eigenvalue weighted by atomic mass is 9.99. The molecule has 1 amide bonds. The highest BCUT2D eigenvalue weighted by Crippen LogP contribution is 2.38. The maximum Gasteiger partial charge on any atom is 0.307 e. The summed E-state index contributed by atoms with van der Waals surface area (Å²) in [5, 5.41) is 1.79. The van der Waals surface area contributed by atoms with Crippen LogP contribution in [-0.4, -0.2) is 28.1 Å². The number of nitrogen functional groups attached to an aromatic ring is 1. The number of hydrogen-bond acceptors (Lipinski definition) is 5. The first-order valence-electron chi connectivity index (χ1n) is 9.13. The van der Waals surface area contributed by atoms with Crippen LogP contribution < -0.4 is 16.9 Å². The molecule has 8 heteroatoms. The van der Waals surface area contributed by atoms with Gasteiger partial charge in [0, 0.05) is 12.6 Å².